The van der Waals surface area contributed by atoms with Crippen LogP contribution in [0.15, 0.2) is 23.8 Å². The molecule has 0 saturated heterocycles. The van der Waals surface area contributed by atoms with Crippen LogP contribution in [0.25, 0.3) is 0 Å². The van der Waals surface area contributed by atoms with Crippen LogP contribution < -0.4 is 5.32 Å². The molecule has 0 aromatic carbocycles. The number of rotatable bonds is 3. The Morgan fingerprint density at radius 3 is 2.41 bits per heavy atom. The molecule has 1 heterocycles. The zero-order chi connectivity index (χ0) is 12.3. The minimum Gasteiger partial charge on any atom is -0.310 e. The monoisotopic (exact) mass is 230 g/mol. The summed E-state index contributed by atoms with van der Waals surface area (Å²) in [6.07, 6.45) is 7.54. The van der Waals surface area contributed by atoms with Gasteiger partial charge in [0.15, 0.2) is 0 Å². The first-order valence-electron chi connectivity index (χ1n) is 6.52. The van der Waals surface area contributed by atoms with Gasteiger partial charge < -0.3 is 5.32 Å². The van der Waals surface area contributed by atoms with E-state index in [1.807, 2.05) is 7.05 Å². The van der Waals surface area contributed by atoms with Crippen molar-refractivity contribution in [3.63, 3.8) is 0 Å². The van der Waals surface area contributed by atoms with Crippen LogP contribution in [0.1, 0.15) is 48.7 Å². The number of hydrogen-bond acceptors (Lipinski definition) is 2. The van der Waals surface area contributed by atoms with Crippen LogP contribution in [0, 0.1) is 13.8 Å². The predicted octanol–water partition coefficient (Wildman–Crippen LogP) is 3.46. The Morgan fingerprint density at radius 2 is 1.88 bits per heavy atom. The van der Waals surface area contributed by atoms with Crippen LogP contribution in [0.2, 0.25) is 0 Å². The summed E-state index contributed by atoms with van der Waals surface area (Å²) >= 11 is 0. The molecule has 2 heteroatoms. The number of nitrogens with one attached hydrogen (secondary N) is 1. The Hall–Kier alpha value is -1.15. The van der Waals surface area contributed by atoms with Crippen molar-refractivity contribution in [3.8, 4) is 0 Å². The number of allylic oxidation sites excluding steroid dienone is 1. The molecule has 1 N–H and O–H groups in total. The van der Waals surface area contributed by atoms with E-state index in [4.69, 9.17) is 0 Å². The van der Waals surface area contributed by atoms with Gasteiger partial charge in [0.2, 0.25) is 0 Å². The van der Waals surface area contributed by atoms with Crippen molar-refractivity contribution in [2.24, 2.45) is 0 Å². The molecule has 0 amide bonds. The number of nitrogens with zero attached hydrogens (tertiary/aromatic N) is 1. The van der Waals surface area contributed by atoms with Crippen molar-refractivity contribution >= 4 is 0 Å². The van der Waals surface area contributed by atoms with Gasteiger partial charge in [-0.1, -0.05) is 11.6 Å². The number of aryl methyl sites for hydroxylation is 2. The lowest BCUT2D eigenvalue weighted by molar-refractivity contribution is 0.592. The van der Waals surface area contributed by atoms with E-state index in [-0.39, 0.29) is 0 Å². The molecule has 1 aliphatic rings. The van der Waals surface area contributed by atoms with E-state index in [1.165, 1.54) is 31.2 Å². The third-order valence-electron chi connectivity index (χ3n) is 3.42. The fourth-order valence-corrected chi connectivity index (χ4v) is 2.72. The molecular weight excluding hydrogens is 208 g/mol. The van der Waals surface area contributed by atoms with Crippen LogP contribution in [0.5, 0.6) is 0 Å². The lowest BCUT2D eigenvalue weighted by atomic mass is 9.90. The number of pyridine rings is 1. The molecule has 1 aromatic heterocycles. The van der Waals surface area contributed by atoms with Crippen molar-refractivity contribution in [2.45, 2.75) is 45.6 Å². The topological polar surface area (TPSA) is 24.9 Å². The minimum absolute atomic E-state index is 0.371. The molecule has 1 unspecified atom stereocenters. The van der Waals surface area contributed by atoms with Gasteiger partial charge in [-0.15, -0.1) is 0 Å². The maximum Gasteiger partial charge on any atom is 0.0534 e. The largest absolute Gasteiger partial charge is 0.310 e. The van der Waals surface area contributed by atoms with Crippen molar-refractivity contribution in [1.29, 1.82) is 0 Å². The van der Waals surface area contributed by atoms with Gasteiger partial charge in [0.1, 0.15) is 0 Å². The van der Waals surface area contributed by atoms with Gasteiger partial charge in [0.05, 0.1) is 6.04 Å². The smallest absolute Gasteiger partial charge is 0.0534 e. The van der Waals surface area contributed by atoms with E-state index in [9.17, 15) is 0 Å². The third-order valence-corrected chi connectivity index (χ3v) is 3.42. The van der Waals surface area contributed by atoms with E-state index in [0.717, 1.165) is 11.4 Å². The highest BCUT2D eigenvalue weighted by Crippen LogP contribution is 2.29. The second-order valence-electron chi connectivity index (χ2n) is 4.93. The van der Waals surface area contributed by atoms with Gasteiger partial charge >= 0.3 is 0 Å². The fourth-order valence-electron chi connectivity index (χ4n) is 2.72. The highest BCUT2D eigenvalue weighted by molar-refractivity contribution is 5.31. The molecule has 1 aromatic rings. The highest BCUT2D eigenvalue weighted by Gasteiger charge is 2.17. The van der Waals surface area contributed by atoms with Gasteiger partial charge in [-0.05, 0) is 64.3 Å². The van der Waals surface area contributed by atoms with Crippen molar-refractivity contribution in [1.82, 2.24) is 10.3 Å². The molecule has 0 spiro atoms. The first-order valence-corrected chi connectivity index (χ1v) is 6.52. The first-order chi connectivity index (χ1) is 8.20. The molecule has 0 radical (unpaired) electrons. The maximum atomic E-state index is 4.45. The van der Waals surface area contributed by atoms with Crippen molar-refractivity contribution in [3.05, 3.63) is 40.7 Å². The molecule has 2 nitrogen and oxygen atoms in total. The molecule has 17 heavy (non-hydrogen) atoms. The summed E-state index contributed by atoms with van der Waals surface area (Å²) in [5.74, 6) is 0. The van der Waals surface area contributed by atoms with E-state index >= 15 is 0 Å². The van der Waals surface area contributed by atoms with E-state index in [2.05, 4.69) is 42.4 Å². The van der Waals surface area contributed by atoms with Crippen LogP contribution in [0.3, 0.4) is 0 Å². The number of likely N-dealkylation sites (N-methyl/N-ethyl adjacent to an activating group) is 1. The summed E-state index contributed by atoms with van der Waals surface area (Å²) in [6, 6.07) is 4.77. The molecule has 2 rings (SSSR count). The van der Waals surface area contributed by atoms with E-state index in [0.29, 0.717) is 6.04 Å². The molecule has 1 atom stereocenters. The van der Waals surface area contributed by atoms with Gasteiger partial charge in [-0.2, -0.15) is 0 Å². The maximum absolute atomic E-state index is 4.45. The minimum atomic E-state index is 0.371. The Labute approximate surface area is 104 Å². The molecular formula is C15H22N2. The van der Waals surface area contributed by atoms with Gasteiger partial charge in [-0.3, -0.25) is 4.98 Å². The summed E-state index contributed by atoms with van der Waals surface area (Å²) in [6.45, 7) is 4.14. The summed E-state index contributed by atoms with van der Waals surface area (Å²) in [5, 5.41) is 3.45. The van der Waals surface area contributed by atoms with Crippen LogP contribution in [0.4, 0.5) is 0 Å². The van der Waals surface area contributed by atoms with Crippen molar-refractivity contribution < 1.29 is 0 Å². The van der Waals surface area contributed by atoms with E-state index in [1.54, 1.807) is 5.57 Å². The first kappa shape index (κ1) is 12.3. The average molecular weight is 230 g/mol. The molecule has 92 valence electrons. The van der Waals surface area contributed by atoms with Crippen LogP contribution in [-0.4, -0.2) is 12.0 Å². The quantitative estimate of drug-likeness (QED) is 0.804. The lowest BCUT2D eigenvalue weighted by Crippen LogP contribution is -2.20. The average Bonchev–Trinajstić information content (AvgIpc) is 2.30. The molecule has 0 bridgehead atoms. The number of hydrogen-bond donors (Lipinski definition) is 1. The standard InChI is InChI=1S/C15H22N2/c1-11-9-14(10-12(2)17-11)15(16-3)13-7-5-4-6-8-13/h7,9-10,15-16H,4-6,8H2,1-3H3. The Morgan fingerprint density at radius 1 is 1.18 bits per heavy atom. The van der Waals surface area contributed by atoms with Crippen LogP contribution in [-0.2, 0) is 0 Å². The lowest BCUT2D eigenvalue weighted by Gasteiger charge is -2.23. The second kappa shape index (κ2) is 5.46. The molecule has 0 fully saturated rings. The van der Waals surface area contributed by atoms with Gasteiger partial charge in [0, 0.05) is 11.4 Å². The highest BCUT2D eigenvalue weighted by atomic mass is 14.9. The summed E-state index contributed by atoms with van der Waals surface area (Å²) < 4.78 is 0. The summed E-state index contributed by atoms with van der Waals surface area (Å²) in [7, 11) is 2.05. The Balaban J connectivity index is 2.31. The molecule has 0 saturated carbocycles. The zero-order valence-electron chi connectivity index (χ0n) is 11.1. The third kappa shape index (κ3) is 2.95. The van der Waals surface area contributed by atoms with Gasteiger partial charge in [-0.25, -0.2) is 0 Å². The van der Waals surface area contributed by atoms with Crippen molar-refractivity contribution in [2.75, 3.05) is 7.05 Å². The summed E-state index contributed by atoms with van der Waals surface area (Å²) in [5.41, 5.74) is 5.11. The Kier molecular flexibility index (Phi) is 3.95. The molecule has 0 aliphatic heterocycles. The normalized spacial score (nSPS) is 17.7. The predicted molar refractivity (Wildman–Crippen MR) is 72.1 cm³/mol. The summed E-state index contributed by atoms with van der Waals surface area (Å²) in [4.78, 5) is 4.45. The molecule has 1 aliphatic carbocycles. The zero-order valence-corrected chi connectivity index (χ0v) is 11.1. The van der Waals surface area contributed by atoms with Crippen LogP contribution >= 0.6 is 0 Å². The van der Waals surface area contributed by atoms with E-state index < -0.39 is 0 Å². The fraction of sp³-hybridized carbons (Fsp3) is 0.533. The van der Waals surface area contributed by atoms with Gasteiger partial charge in [0.25, 0.3) is 0 Å². The second-order valence-corrected chi connectivity index (χ2v) is 4.93. The number of aromatic nitrogens is 1. The SMILES string of the molecule is CNC(C1=CCCCC1)c1cc(C)nc(C)c1. The Bertz CT molecular complexity index is 401.